The molecule has 6 nitrogen and oxygen atoms in total. The molecule has 1 atom stereocenters. The summed E-state index contributed by atoms with van der Waals surface area (Å²) in [6.07, 6.45) is 2.33. The second kappa shape index (κ2) is 6.72. The van der Waals surface area contributed by atoms with Crippen LogP contribution in [0.15, 0.2) is 60.8 Å². The Kier molecular flexibility index (Phi) is 4.37. The van der Waals surface area contributed by atoms with Gasteiger partial charge in [-0.25, -0.2) is 9.97 Å². The Morgan fingerprint density at radius 2 is 1.96 bits per heavy atom. The number of benzene rings is 2. The molecule has 1 aromatic heterocycles. The number of likely N-dealkylation sites (N-methyl/N-ethyl adjacent to an activating group) is 1. The average Bonchev–Trinajstić information content (AvgIpc) is 2.91. The average molecular weight is 381 g/mol. The van der Waals surface area contributed by atoms with Crippen LogP contribution in [0, 0.1) is 0 Å². The van der Waals surface area contributed by atoms with E-state index in [4.69, 9.17) is 17.3 Å². The molecule has 0 amide bonds. The van der Waals surface area contributed by atoms with Crippen LogP contribution in [0.1, 0.15) is 5.56 Å². The summed E-state index contributed by atoms with van der Waals surface area (Å²) in [4.78, 5) is 12.2. The van der Waals surface area contributed by atoms with Crippen LogP contribution in [0.4, 0.5) is 22.9 Å². The van der Waals surface area contributed by atoms with Crippen molar-refractivity contribution in [3.63, 3.8) is 0 Å². The highest BCUT2D eigenvalue weighted by Gasteiger charge is 2.38. The van der Waals surface area contributed by atoms with Crippen molar-refractivity contribution >= 4 is 34.5 Å². The zero-order valence-electron chi connectivity index (χ0n) is 15.2. The van der Waals surface area contributed by atoms with E-state index in [0.29, 0.717) is 6.42 Å². The van der Waals surface area contributed by atoms with Gasteiger partial charge in [-0.1, -0.05) is 30.3 Å². The van der Waals surface area contributed by atoms with Crippen molar-refractivity contribution < 1.29 is 0 Å². The van der Waals surface area contributed by atoms with Gasteiger partial charge in [0.2, 0.25) is 5.28 Å². The normalized spacial score (nSPS) is 18.1. The lowest BCUT2D eigenvalue weighted by atomic mass is 10.1. The van der Waals surface area contributed by atoms with E-state index < -0.39 is 5.79 Å². The number of aromatic nitrogens is 2. The number of hydrogen-bond acceptors (Lipinski definition) is 6. The lowest BCUT2D eigenvalue weighted by molar-refractivity contribution is 0.491. The van der Waals surface area contributed by atoms with Gasteiger partial charge in [-0.15, -0.1) is 0 Å². The van der Waals surface area contributed by atoms with Gasteiger partial charge in [0, 0.05) is 32.4 Å². The molecule has 0 fully saturated rings. The molecule has 0 saturated carbocycles. The van der Waals surface area contributed by atoms with Crippen LogP contribution >= 0.6 is 11.6 Å². The van der Waals surface area contributed by atoms with E-state index in [0.717, 1.165) is 22.9 Å². The molecule has 0 saturated heterocycles. The molecule has 2 aromatic carbocycles. The first kappa shape index (κ1) is 17.6. The third-order valence-corrected chi connectivity index (χ3v) is 5.13. The van der Waals surface area contributed by atoms with E-state index in [1.165, 1.54) is 5.56 Å². The monoisotopic (exact) mass is 380 g/mol. The Labute approximate surface area is 163 Å². The van der Waals surface area contributed by atoms with Crippen molar-refractivity contribution in [2.75, 3.05) is 29.2 Å². The SMILES string of the molecule is CN(c1ccc2c(c1)NC(N)(Cc1ccccc1)N2C)c1ccnc(Cl)n1. The van der Waals surface area contributed by atoms with E-state index in [1.807, 2.05) is 49.3 Å². The van der Waals surface area contributed by atoms with E-state index in [1.54, 1.807) is 6.20 Å². The molecule has 1 aliphatic heterocycles. The molecule has 27 heavy (non-hydrogen) atoms. The van der Waals surface area contributed by atoms with E-state index >= 15 is 0 Å². The van der Waals surface area contributed by atoms with Crippen LogP contribution in [0.3, 0.4) is 0 Å². The largest absolute Gasteiger partial charge is 0.348 e. The Hall–Kier alpha value is -2.83. The molecule has 3 aromatic rings. The maximum Gasteiger partial charge on any atom is 0.224 e. The number of halogens is 1. The van der Waals surface area contributed by atoms with Crippen LogP contribution in [0.25, 0.3) is 0 Å². The summed E-state index contributed by atoms with van der Waals surface area (Å²) in [5.41, 5.74) is 10.9. The van der Waals surface area contributed by atoms with E-state index in [-0.39, 0.29) is 5.28 Å². The van der Waals surface area contributed by atoms with E-state index in [9.17, 15) is 0 Å². The summed E-state index contributed by atoms with van der Waals surface area (Å²) in [6.45, 7) is 0. The fourth-order valence-corrected chi connectivity index (χ4v) is 3.52. The summed E-state index contributed by atoms with van der Waals surface area (Å²) in [7, 11) is 3.95. The first-order chi connectivity index (χ1) is 13.0. The van der Waals surface area contributed by atoms with Crippen LogP contribution in [-0.2, 0) is 6.42 Å². The third-order valence-electron chi connectivity index (χ3n) is 4.95. The van der Waals surface area contributed by atoms with Gasteiger partial charge in [0.1, 0.15) is 5.82 Å². The predicted molar refractivity (Wildman–Crippen MR) is 111 cm³/mol. The number of rotatable bonds is 4. The molecule has 1 aliphatic rings. The molecule has 3 N–H and O–H groups in total. The highest BCUT2D eigenvalue weighted by molar-refractivity contribution is 6.28. The van der Waals surface area contributed by atoms with Crippen molar-refractivity contribution in [1.29, 1.82) is 0 Å². The van der Waals surface area contributed by atoms with Gasteiger partial charge >= 0.3 is 0 Å². The maximum absolute atomic E-state index is 6.71. The summed E-state index contributed by atoms with van der Waals surface area (Å²) < 4.78 is 0. The smallest absolute Gasteiger partial charge is 0.224 e. The third kappa shape index (κ3) is 3.29. The number of hydrogen-bond donors (Lipinski definition) is 2. The van der Waals surface area contributed by atoms with Crippen molar-refractivity contribution in [3.05, 3.63) is 71.6 Å². The highest BCUT2D eigenvalue weighted by Crippen LogP contribution is 2.40. The first-order valence-electron chi connectivity index (χ1n) is 8.67. The first-order valence-corrected chi connectivity index (χ1v) is 9.05. The second-order valence-electron chi connectivity index (χ2n) is 6.71. The molecule has 1 unspecified atom stereocenters. The molecule has 4 rings (SSSR count). The Bertz CT molecular complexity index is 964. The quantitative estimate of drug-likeness (QED) is 0.674. The van der Waals surface area contributed by atoms with E-state index in [2.05, 4.69) is 44.5 Å². The summed E-state index contributed by atoms with van der Waals surface area (Å²) in [5.74, 6) is 0.0450. The van der Waals surface area contributed by atoms with Gasteiger partial charge in [-0.2, -0.15) is 0 Å². The molecular formula is C20H21ClN6. The van der Waals surface area contributed by atoms with Crippen LogP contribution in [0.5, 0.6) is 0 Å². The van der Waals surface area contributed by atoms with Crippen LogP contribution in [-0.4, -0.2) is 29.9 Å². The van der Waals surface area contributed by atoms with Crippen molar-refractivity contribution in [1.82, 2.24) is 9.97 Å². The fourth-order valence-electron chi connectivity index (χ4n) is 3.37. The molecular weight excluding hydrogens is 360 g/mol. The standard InChI is InChI=1S/C20H21ClN6/c1-26(18-10-11-23-19(21)24-18)15-8-9-17-16(12-15)25-20(22,27(17)2)13-14-6-4-3-5-7-14/h3-12,25H,13,22H2,1-2H3. The lowest BCUT2D eigenvalue weighted by Crippen LogP contribution is -2.58. The van der Waals surface area contributed by atoms with Gasteiger partial charge in [-0.05, 0) is 41.4 Å². The molecule has 0 radical (unpaired) electrons. The molecule has 0 bridgehead atoms. The van der Waals surface area contributed by atoms with Gasteiger partial charge in [0.15, 0.2) is 5.79 Å². The number of nitrogens with zero attached hydrogens (tertiary/aromatic N) is 4. The molecule has 7 heteroatoms. The summed E-state index contributed by atoms with van der Waals surface area (Å²) in [6, 6.07) is 18.2. The predicted octanol–water partition coefficient (Wildman–Crippen LogP) is 3.61. The minimum atomic E-state index is -0.681. The zero-order chi connectivity index (χ0) is 19.0. The topological polar surface area (TPSA) is 70.3 Å². The maximum atomic E-state index is 6.71. The van der Waals surface area contributed by atoms with Gasteiger partial charge in [-0.3, -0.25) is 5.73 Å². The lowest BCUT2D eigenvalue weighted by Gasteiger charge is -2.34. The number of nitrogens with two attached hydrogens (primary N) is 1. The Balaban J connectivity index is 1.61. The Morgan fingerprint density at radius 1 is 1.19 bits per heavy atom. The minimum Gasteiger partial charge on any atom is -0.348 e. The zero-order valence-corrected chi connectivity index (χ0v) is 16.0. The summed E-state index contributed by atoms with van der Waals surface area (Å²) in [5, 5.41) is 3.71. The summed E-state index contributed by atoms with van der Waals surface area (Å²) >= 11 is 5.92. The van der Waals surface area contributed by atoms with Gasteiger partial charge in [0.25, 0.3) is 0 Å². The number of nitrogens with one attached hydrogen (secondary N) is 1. The molecule has 138 valence electrons. The van der Waals surface area contributed by atoms with Crippen molar-refractivity contribution in [3.8, 4) is 0 Å². The number of anilines is 4. The highest BCUT2D eigenvalue weighted by atomic mass is 35.5. The molecule has 0 aliphatic carbocycles. The van der Waals surface area contributed by atoms with Crippen LogP contribution < -0.4 is 20.9 Å². The fraction of sp³-hybridized carbons (Fsp3) is 0.200. The minimum absolute atomic E-state index is 0.224. The number of fused-ring (bicyclic) bond motifs is 1. The van der Waals surface area contributed by atoms with Crippen molar-refractivity contribution in [2.24, 2.45) is 5.73 Å². The van der Waals surface area contributed by atoms with Crippen LogP contribution in [0.2, 0.25) is 5.28 Å². The molecule has 0 spiro atoms. The second-order valence-corrected chi connectivity index (χ2v) is 7.05. The van der Waals surface area contributed by atoms with Gasteiger partial charge < -0.3 is 15.1 Å². The van der Waals surface area contributed by atoms with Gasteiger partial charge in [0.05, 0.1) is 11.4 Å². The van der Waals surface area contributed by atoms with Crippen molar-refractivity contribution in [2.45, 2.75) is 12.2 Å². The Morgan fingerprint density at radius 3 is 2.70 bits per heavy atom. The molecule has 2 heterocycles.